The van der Waals surface area contributed by atoms with E-state index in [-0.39, 0.29) is 5.75 Å². The molecule has 0 aliphatic rings. The fraction of sp³-hybridized carbons (Fsp3) is 0.500. The van der Waals surface area contributed by atoms with Gasteiger partial charge in [0.1, 0.15) is 17.4 Å². The summed E-state index contributed by atoms with van der Waals surface area (Å²) in [4.78, 5) is 22.8. The van der Waals surface area contributed by atoms with E-state index in [0.717, 1.165) is 5.56 Å². The van der Waals surface area contributed by atoms with Crippen molar-refractivity contribution >= 4 is 12.1 Å². The van der Waals surface area contributed by atoms with Gasteiger partial charge in [-0.2, -0.15) is 0 Å². The van der Waals surface area contributed by atoms with Gasteiger partial charge >= 0.3 is 12.1 Å². The van der Waals surface area contributed by atoms with Crippen molar-refractivity contribution in [2.24, 2.45) is 0 Å². The Labute approximate surface area is 130 Å². The van der Waals surface area contributed by atoms with Gasteiger partial charge in [0.2, 0.25) is 0 Å². The molecule has 1 aromatic rings. The number of carbonyl (C=O) groups is 2. The molecule has 0 radical (unpaired) electrons. The third-order valence-electron chi connectivity index (χ3n) is 2.88. The van der Waals surface area contributed by atoms with Crippen LogP contribution in [0.25, 0.3) is 0 Å². The molecule has 1 amide bonds. The van der Waals surface area contributed by atoms with Crippen molar-refractivity contribution in [1.82, 2.24) is 5.32 Å². The Morgan fingerprint density at radius 1 is 1.23 bits per heavy atom. The van der Waals surface area contributed by atoms with E-state index in [2.05, 4.69) is 5.32 Å². The molecule has 1 aromatic carbocycles. The zero-order chi connectivity index (χ0) is 16.8. The molecule has 0 unspecified atom stereocenters. The topological polar surface area (TPSA) is 95.9 Å². The Morgan fingerprint density at radius 2 is 1.82 bits per heavy atom. The number of benzene rings is 1. The predicted octanol–water partition coefficient (Wildman–Crippen LogP) is 2.69. The molecule has 122 valence electrons. The second-order valence-corrected chi connectivity index (χ2v) is 6.10. The number of aryl methyl sites for hydroxylation is 1. The van der Waals surface area contributed by atoms with Gasteiger partial charge in [0.25, 0.3) is 0 Å². The molecule has 3 N–H and O–H groups in total. The maximum Gasteiger partial charge on any atom is 0.408 e. The third kappa shape index (κ3) is 6.97. The average molecular weight is 309 g/mol. The van der Waals surface area contributed by atoms with Crippen molar-refractivity contribution in [2.45, 2.75) is 51.7 Å². The second-order valence-electron chi connectivity index (χ2n) is 6.10. The van der Waals surface area contributed by atoms with Crippen LogP contribution in [0.2, 0.25) is 0 Å². The quantitative estimate of drug-likeness (QED) is 0.751. The molecule has 0 saturated carbocycles. The lowest BCUT2D eigenvalue weighted by atomic mass is 10.0. The number of aromatic hydroxyl groups is 1. The largest absolute Gasteiger partial charge is 0.508 e. The minimum atomic E-state index is -1.09. The smallest absolute Gasteiger partial charge is 0.408 e. The van der Waals surface area contributed by atoms with Crippen LogP contribution in [0.5, 0.6) is 5.75 Å². The highest BCUT2D eigenvalue weighted by atomic mass is 16.6. The molecule has 1 atom stereocenters. The lowest BCUT2D eigenvalue weighted by molar-refractivity contribution is -0.139. The molecule has 6 heteroatoms. The first-order valence-corrected chi connectivity index (χ1v) is 7.17. The van der Waals surface area contributed by atoms with Gasteiger partial charge in [-0.15, -0.1) is 0 Å². The van der Waals surface area contributed by atoms with Gasteiger partial charge in [-0.25, -0.2) is 9.59 Å². The van der Waals surface area contributed by atoms with Crippen molar-refractivity contribution in [3.05, 3.63) is 29.8 Å². The van der Waals surface area contributed by atoms with E-state index in [4.69, 9.17) is 9.84 Å². The lowest BCUT2D eigenvalue weighted by Gasteiger charge is -2.22. The summed E-state index contributed by atoms with van der Waals surface area (Å²) in [5.41, 5.74) is 0.332. The maximum absolute atomic E-state index is 11.6. The first-order valence-electron chi connectivity index (χ1n) is 7.17. The number of hydrogen-bond acceptors (Lipinski definition) is 4. The minimum Gasteiger partial charge on any atom is -0.508 e. The standard InChI is InChI=1S/C16H23NO5/c1-16(2,3)22-15(21)17-13(14(19)20)6-4-5-11-7-9-12(18)10-8-11/h7-10,13,18H,4-6H2,1-3H3,(H,17,21)(H,19,20)/t13-/m0/s1. The van der Waals surface area contributed by atoms with Crippen LogP contribution in [0.15, 0.2) is 24.3 Å². The van der Waals surface area contributed by atoms with Gasteiger partial charge in [0.05, 0.1) is 0 Å². The van der Waals surface area contributed by atoms with E-state index in [1.165, 1.54) is 0 Å². The van der Waals surface area contributed by atoms with Gasteiger partial charge in [0, 0.05) is 0 Å². The summed E-state index contributed by atoms with van der Waals surface area (Å²) >= 11 is 0. The summed E-state index contributed by atoms with van der Waals surface area (Å²) in [6, 6.07) is 5.76. The number of amides is 1. The first kappa shape index (κ1) is 17.8. The van der Waals surface area contributed by atoms with Gasteiger partial charge in [-0.3, -0.25) is 0 Å². The number of alkyl carbamates (subject to hydrolysis) is 1. The summed E-state index contributed by atoms with van der Waals surface area (Å²) in [5.74, 6) is -0.893. The summed E-state index contributed by atoms with van der Waals surface area (Å²) in [6.45, 7) is 5.15. The van der Waals surface area contributed by atoms with E-state index < -0.39 is 23.7 Å². The number of phenolic OH excluding ortho intramolecular Hbond substituents is 1. The highest BCUT2D eigenvalue weighted by Crippen LogP contribution is 2.13. The van der Waals surface area contributed by atoms with Gasteiger partial charge in [-0.1, -0.05) is 12.1 Å². The lowest BCUT2D eigenvalue weighted by Crippen LogP contribution is -2.43. The van der Waals surface area contributed by atoms with Crippen LogP contribution in [0.1, 0.15) is 39.2 Å². The second kappa shape index (κ2) is 7.68. The van der Waals surface area contributed by atoms with Crippen LogP contribution in [0.3, 0.4) is 0 Å². The number of carbonyl (C=O) groups excluding carboxylic acids is 1. The van der Waals surface area contributed by atoms with Crippen LogP contribution < -0.4 is 5.32 Å². The Kier molecular flexibility index (Phi) is 6.22. The van der Waals surface area contributed by atoms with E-state index >= 15 is 0 Å². The number of phenols is 1. The fourth-order valence-electron chi connectivity index (χ4n) is 1.88. The number of nitrogens with one attached hydrogen (secondary N) is 1. The minimum absolute atomic E-state index is 0.193. The Morgan fingerprint density at radius 3 is 2.32 bits per heavy atom. The number of aliphatic carboxylic acids is 1. The maximum atomic E-state index is 11.6. The number of rotatable bonds is 6. The van der Waals surface area contributed by atoms with Crippen molar-refractivity contribution in [3.8, 4) is 5.75 Å². The SMILES string of the molecule is CC(C)(C)OC(=O)N[C@@H](CCCc1ccc(O)cc1)C(=O)O. The Balaban J connectivity index is 2.46. The summed E-state index contributed by atoms with van der Waals surface area (Å²) < 4.78 is 5.05. The summed E-state index contributed by atoms with van der Waals surface area (Å²) in [5, 5.41) is 20.7. The third-order valence-corrected chi connectivity index (χ3v) is 2.88. The van der Waals surface area contributed by atoms with Gasteiger partial charge < -0.3 is 20.3 Å². The fourth-order valence-corrected chi connectivity index (χ4v) is 1.88. The van der Waals surface area contributed by atoms with Crippen molar-refractivity contribution in [1.29, 1.82) is 0 Å². The Hall–Kier alpha value is -2.24. The molecule has 0 heterocycles. The number of ether oxygens (including phenoxy) is 1. The van der Waals surface area contributed by atoms with Crippen molar-refractivity contribution < 1.29 is 24.5 Å². The molecule has 0 aromatic heterocycles. The molecular weight excluding hydrogens is 286 g/mol. The molecular formula is C16H23NO5. The summed E-state index contributed by atoms with van der Waals surface area (Å²) in [7, 11) is 0. The Bertz CT molecular complexity index is 504. The van der Waals surface area contributed by atoms with Crippen molar-refractivity contribution in [3.63, 3.8) is 0 Å². The molecule has 6 nitrogen and oxygen atoms in total. The molecule has 0 saturated heterocycles. The van der Waals surface area contributed by atoms with Gasteiger partial charge in [-0.05, 0) is 57.7 Å². The number of carboxylic acid groups (broad SMARTS) is 1. The van der Waals surface area contributed by atoms with E-state index in [1.807, 2.05) is 0 Å². The zero-order valence-electron chi connectivity index (χ0n) is 13.1. The molecule has 0 spiro atoms. The van der Waals surface area contributed by atoms with Crippen LogP contribution in [0.4, 0.5) is 4.79 Å². The average Bonchev–Trinajstić information content (AvgIpc) is 2.37. The molecule has 0 aliphatic carbocycles. The van der Waals surface area contributed by atoms with Crippen LogP contribution >= 0.6 is 0 Å². The number of carboxylic acids is 1. The highest BCUT2D eigenvalue weighted by Gasteiger charge is 2.23. The van der Waals surface area contributed by atoms with Gasteiger partial charge in [0.15, 0.2) is 0 Å². The van der Waals surface area contributed by atoms with E-state index in [9.17, 15) is 14.7 Å². The monoisotopic (exact) mass is 309 g/mol. The molecule has 1 rings (SSSR count). The zero-order valence-corrected chi connectivity index (χ0v) is 13.1. The van der Waals surface area contributed by atoms with Crippen LogP contribution in [-0.2, 0) is 16.0 Å². The molecule has 0 bridgehead atoms. The predicted molar refractivity (Wildman–Crippen MR) is 81.8 cm³/mol. The van der Waals surface area contributed by atoms with E-state index in [1.54, 1.807) is 45.0 Å². The molecule has 0 fully saturated rings. The van der Waals surface area contributed by atoms with E-state index in [0.29, 0.717) is 19.3 Å². The number of hydrogen-bond donors (Lipinski definition) is 3. The summed E-state index contributed by atoms with van der Waals surface area (Å²) in [6.07, 6.45) is 0.831. The van der Waals surface area contributed by atoms with Crippen molar-refractivity contribution in [2.75, 3.05) is 0 Å². The first-order chi connectivity index (χ1) is 10.2. The molecule has 0 aliphatic heterocycles. The van der Waals surface area contributed by atoms with Crippen LogP contribution in [0, 0.1) is 0 Å². The van der Waals surface area contributed by atoms with Crippen LogP contribution in [-0.4, -0.2) is 33.9 Å². The normalized spacial score (nSPS) is 12.5. The molecule has 22 heavy (non-hydrogen) atoms. The highest BCUT2D eigenvalue weighted by molar-refractivity contribution is 5.79.